The maximum atomic E-state index is 11.8. The summed E-state index contributed by atoms with van der Waals surface area (Å²) in [5, 5.41) is 10.1. The average molecular weight is 299 g/mol. The Morgan fingerprint density at radius 2 is 2.05 bits per heavy atom. The number of sulfone groups is 1. The lowest BCUT2D eigenvalue weighted by Crippen LogP contribution is -2.47. The largest absolute Gasteiger partial charge is 0.468 e. The van der Waals surface area contributed by atoms with Crippen molar-refractivity contribution in [3.05, 3.63) is 24.2 Å². The van der Waals surface area contributed by atoms with Crippen LogP contribution in [0, 0.1) is 0 Å². The molecule has 1 saturated carbocycles. The third-order valence-corrected chi connectivity index (χ3v) is 6.13. The summed E-state index contributed by atoms with van der Waals surface area (Å²) in [4.78, 5) is 2.15. The van der Waals surface area contributed by atoms with E-state index in [0.717, 1.165) is 18.6 Å². The van der Waals surface area contributed by atoms with Crippen molar-refractivity contribution in [3.8, 4) is 0 Å². The van der Waals surface area contributed by atoms with Crippen molar-refractivity contribution in [2.45, 2.75) is 50.4 Å². The zero-order chi connectivity index (χ0) is 14.2. The van der Waals surface area contributed by atoms with Gasteiger partial charge in [-0.15, -0.1) is 0 Å². The van der Waals surface area contributed by atoms with E-state index in [1.807, 2.05) is 12.1 Å². The van der Waals surface area contributed by atoms with Crippen LogP contribution >= 0.6 is 0 Å². The molecule has 1 aromatic heterocycles. The smallest absolute Gasteiger partial charge is 0.154 e. The number of hydrogen-bond donors (Lipinski definition) is 1. The Hall–Kier alpha value is -0.850. The highest BCUT2D eigenvalue weighted by Crippen LogP contribution is 2.30. The van der Waals surface area contributed by atoms with Gasteiger partial charge < -0.3 is 9.52 Å². The quantitative estimate of drug-likeness (QED) is 0.904. The number of aliphatic hydroxyl groups is 1. The molecule has 1 N–H and O–H groups in total. The van der Waals surface area contributed by atoms with Gasteiger partial charge >= 0.3 is 0 Å². The molecule has 20 heavy (non-hydrogen) atoms. The lowest BCUT2D eigenvalue weighted by Gasteiger charge is -2.34. The number of rotatable bonds is 4. The Kier molecular flexibility index (Phi) is 3.88. The van der Waals surface area contributed by atoms with E-state index >= 15 is 0 Å². The Morgan fingerprint density at radius 1 is 1.30 bits per heavy atom. The zero-order valence-electron chi connectivity index (χ0n) is 11.4. The van der Waals surface area contributed by atoms with Crippen molar-refractivity contribution >= 4 is 9.84 Å². The van der Waals surface area contributed by atoms with Crippen LogP contribution in [-0.2, 0) is 16.4 Å². The van der Waals surface area contributed by atoms with E-state index in [-0.39, 0.29) is 17.5 Å². The molecule has 5 nitrogen and oxygen atoms in total. The molecule has 2 fully saturated rings. The second-order valence-electron chi connectivity index (χ2n) is 5.90. The van der Waals surface area contributed by atoms with Gasteiger partial charge in [-0.3, -0.25) is 4.90 Å². The Labute approximate surface area is 119 Å². The van der Waals surface area contributed by atoms with E-state index in [9.17, 15) is 13.5 Å². The van der Waals surface area contributed by atoms with E-state index < -0.39 is 15.9 Å². The Balaban J connectivity index is 1.81. The fourth-order valence-corrected chi connectivity index (χ4v) is 5.28. The standard InChI is InChI=1S/C14H21NO4S/c16-14-10-20(17,18)9-13(14)15(11-4-1-2-5-11)8-12-6-3-7-19-12/h3,6-7,11,13-14,16H,1-2,4-5,8-10H2. The number of aliphatic hydroxyl groups excluding tert-OH is 1. The summed E-state index contributed by atoms with van der Waals surface area (Å²) in [6, 6.07) is 3.79. The van der Waals surface area contributed by atoms with Crippen LogP contribution in [-0.4, -0.2) is 48.1 Å². The minimum atomic E-state index is -3.12. The number of hydrogen-bond acceptors (Lipinski definition) is 5. The summed E-state index contributed by atoms with van der Waals surface area (Å²) >= 11 is 0. The van der Waals surface area contributed by atoms with Crippen molar-refractivity contribution in [2.75, 3.05) is 11.5 Å². The predicted octanol–water partition coefficient (Wildman–Crippen LogP) is 1.18. The molecule has 2 unspecified atom stereocenters. The second kappa shape index (κ2) is 5.50. The fourth-order valence-electron chi connectivity index (χ4n) is 3.46. The first-order chi connectivity index (χ1) is 9.55. The second-order valence-corrected chi connectivity index (χ2v) is 8.06. The maximum absolute atomic E-state index is 11.8. The van der Waals surface area contributed by atoms with Crippen LogP contribution in [0.5, 0.6) is 0 Å². The molecule has 3 rings (SSSR count). The Morgan fingerprint density at radius 3 is 2.60 bits per heavy atom. The molecular weight excluding hydrogens is 278 g/mol. The van der Waals surface area contributed by atoms with Crippen LogP contribution < -0.4 is 0 Å². The lowest BCUT2D eigenvalue weighted by atomic mass is 10.1. The molecule has 6 heteroatoms. The van der Waals surface area contributed by atoms with Crippen molar-refractivity contribution in [1.29, 1.82) is 0 Å². The van der Waals surface area contributed by atoms with Crippen LogP contribution in [0.3, 0.4) is 0 Å². The molecule has 0 spiro atoms. The molecule has 0 aromatic carbocycles. The highest BCUT2D eigenvalue weighted by Gasteiger charge is 2.42. The van der Waals surface area contributed by atoms with Gasteiger partial charge in [-0.1, -0.05) is 12.8 Å². The van der Waals surface area contributed by atoms with Crippen molar-refractivity contribution < 1.29 is 17.9 Å². The summed E-state index contributed by atoms with van der Waals surface area (Å²) < 4.78 is 28.9. The van der Waals surface area contributed by atoms with Crippen LogP contribution in [0.4, 0.5) is 0 Å². The third kappa shape index (κ3) is 2.92. The number of furan rings is 1. The van der Waals surface area contributed by atoms with Gasteiger partial charge in [0.15, 0.2) is 9.84 Å². The first-order valence-corrected chi connectivity index (χ1v) is 9.04. The molecule has 0 bridgehead atoms. The van der Waals surface area contributed by atoms with Gasteiger partial charge in [0.2, 0.25) is 0 Å². The lowest BCUT2D eigenvalue weighted by molar-refractivity contribution is 0.0447. The minimum absolute atomic E-state index is 0.0609. The molecule has 2 atom stereocenters. The SMILES string of the molecule is O=S1(=O)CC(O)C(N(Cc2ccco2)C2CCCC2)C1. The molecule has 1 aromatic rings. The maximum Gasteiger partial charge on any atom is 0.154 e. The fraction of sp³-hybridized carbons (Fsp3) is 0.714. The molecule has 1 saturated heterocycles. The number of nitrogens with zero attached hydrogens (tertiary/aromatic N) is 1. The molecule has 2 heterocycles. The van der Waals surface area contributed by atoms with E-state index in [1.54, 1.807) is 6.26 Å². The van der Waals surface area contributed by atoms with Gasteiger partial charge in [0, 0.05) is 6.04 Å². The van der Waals surface area contributed by atoms with E-state index in [4.69, 9.17) is 4.42 Å². The molecule has 0 radical (unpaired) electrons. The van der Waals surface area contributed by atoms with Crippen LogP contribution in [0.1, 0.15) is 31.4 Å². The third-order valence-electron chi connectivity index (χ3n) is 4.43. The molecule has 0 amide bonds. The van der Waals surface area contributed by atoms with E-state index in [1.165, 1.54) is 12.8 Å². The van der Waals surface area contributed by atoms with Gasteiger partial charge in [0.05, 0.1) is 36.5 Å². The first-order valence-electron chi connectivity index (χ1n) is 7.22. The first kappa shape index (κ1) is 14.1. The van der Waals surface area contributed by atoms with E-state index in [0.29, 0.717) is 12.6 Å². The van der Waals surface area contributed by atoms with Crippen LogP contribution in [0.2, 0.25) is 0 Å². The van der Waals surface area contributed by atoms with Gasteiger partial charge in [0.1, 0.15) is 5.76 Å². The zero-order valence-corrected chi connectivity index (χ0v) is 12.3. The minimum Gasteiger partial charge on any atom is -0.468 e. The van der Waals surface area contributed by atoms with Crippen molar-refractivity contribution in [1.82, 2.24) is 4.90 Å². The van der Waals surface area contributed by atoms with Gasteiger partial charge in [-0.05, 0) is 25.0 Å². The average Bonchev–Trinajstić information content (AvgIpc) is 3.07. The summed E-state index contributed by atoms with van der Waals surface area (Å²) in [6.45, 7) is 0.578. The summed E-state index contributed by atoms with van der Waals surface area (Å²) in [6.07, 6.45) is 5.34. The van der Waals surface area contributed by atoms with Crippen LogP contribution in [0.15, 0.2) is 22.8 Å². The van der Waals surface area contributed by atoms with Gasteiger partial charge in [-0.25, -0.2) is 8.42 Å². The van der Waals surface area contributed by atoms with Crippen molar-refractivity contribution in [3.63, 3.8) is 0 Å². The highest BCUT2D eigenvalue weighted by atomic mass is 32.2. The monoisotopic (exact) mass is 299 g/mol. The molecule has 112 valence electrons. The topological polar surface area (TPSA) is 70.8 Å². The predicted molar refractivity (Wildman–Crippen MR) is 75.0 cm³/mol. The van der Waals surface area contributed by atoms with Crippen LogP contribution in [0.25, 0.3) is 0 Å². The molecule has 2 aliphatic rings. The highest BCUT2D eigenvalue weighted by molar-refractivity contribution is 7.91. The summed E-state index contributed by atoms with van der Waals surface area (Å²) in [7, 11) is -3.12. The Bertz CT molecular complexity index is 534. The van der Waals surface area contributed by atoms with Gasteiger partial charge in [0.25, 0.3) is 0 Å². The molecule has 1 aliphatic heterocycles. The van der Waals surface area contributed by atoms with E-state index in [2.05, 4.69) is 4.90 Å². The van der Waals surface area contributed by atoms with Crippen molar-refractivity contribution in [2.24, 2.45) is 0 Å². The summed E-state index contributed by atoms with van der Waals surface area (Å²) in [5.41, 5.74) is 0. The summed E-state index contributed by atoms with van der Waals surface area (Å²) in [5.74, 6) is 0.776. The van der Waals surface area contributed by atoms with Gasteiger partial charge in [-0.2, -0.15) is 0 Å². The molecule has 1 aliphatic carbocycles. The normalized spacial score (nSPS) is 30.3. The molecular formula is C14H21NO4S.